The van der Waals surface area contributed by atoms with Crippen molar-refractivity contribution in [2.24, 2.45) is 5.92 Å². The van der Waals surface area contributed by atoms with Crippen molar-refractivity contribution in [3.8, 4) is 0 Å². The van der Waals surface area contributed by atoms with Crippen molar-refractivity contribution in [1.82, 2.24) is 10.2 Å². The fourth-order valence-corrected chi connectivity index (χ4v) is 6.04. The van der Waals surface area contributed by atoms with Gasteiger partial charge in [-0.05, 0) is 73.2 Å². The lowest BCUT2D eigenvalue weighted by Gasteiger charge is -2.35. The second-order valence-corrected chi connectivity index (χ2v) is 12.5. The minimum atomic E-state index is -1.06. The van der Waals surface area contributed by atoms with Crippen LogP contribution in [-0.2, 0) is 21.6 Å². The number of carbonyl (C=O) groups excluding carboxylic acids is 1. The molecule has 1 saturated heterocycles. The Kier molecular flexibility index (Phi) is 8.48. The van der Waals surface area contributed by atoms with Crippen LogP contribution in [0.3, 0.4) is 0 Å². The van der Waals surface area contributed by atoms with Crippen LogP contribution in [0.5, 0.6) is 0 Å². The molecule has 1 aliphatic heterocycles. The molecule has 218 valence electrons. The number of benzene rings is 4. The van der Waals surface area contributed by atoms with Gasteiger partial charge in [0.1, 0.15) is 11.1 Å². The zero-order valence-electron chi connectivity index (χ0n) is 24.8. The van der Waals surface area contributed by atoms with Crippen LogP contribution >= 0.6 is 0 Å². The Labute approximate surface area is 248 Å². The molecule has 4 aromatic carbocycles. The lowest BCUT2D eigenvalue weighted by molar-refractivity contribution is -0.163. The number of esters is 1. The van der Waals surface area contributed by atoms with E-state index < -0.39 is 17.1 Å². The smallest absolute Gasteiger partial charge is 0.335 e. The van der Waals surface area contributed by atoms with Gasteiger partial charge in [0.05, 0.1) is 5.56 Å². The molecule has 0 amide bonds. The fourth-order valence-electron chi connectivity index (χ4n) is 6.04. The van der Waals surface area contributed by atoms with Crippen LogP contribution in [0.25, 0.3) is 10.8 Å². The molecule has 1 aliphatic rings. The van der Waals surface area contributed by atoms with E-state index in [9.17, 15) is 14.7 Å². The maximum Gasteiger partial charge on any atom is 0.335 e. The molecule has 0 radical (unpaired) electrons. The lowest BCUT2D eigenvalue weighted by Crippen LogP contribution is -2.51. The second kappa shape index (κ2) is 12.1. The number of aromatic carboxylic acids is 1. The summed E-state index contributed by atoms with van der Waals surface area (Å²) in [6, 6.07) is 31.9. The Morgan fingerprint density at radius 1 is 0.857 bits per heavy atom. The Hall–Kier alpha value is -4.00. The first-order valence-electron chi connectivity index (χ1n) is 14.6. The van der Waals surface area contributed by atoms with E-state index in [4.69, 9.17) is 4.74 Å². The monoisotopic (exact) mass is 564 g/mol. The molecule has 6 heteroatoms. The SMILES string of the molecule is CC(C)(C)OC(=O)[C@](C)(NCC1CN(Cc2ccc(C(=O)O)cc2)CC1c1ccccc1)c1cccc2ccccc12. The Bertz CT molecular complexity index is 1540. The molecule has 2 unspecified atom stereocenters. The average molecular weight is 565 g/mol. The standard InChI is InChI=1S/C36H40N2O4/c1-35(2,3)42-34(41)36(4,32-16-10-14-26-13-8-9-15-30(26)32)37-21-29-23-38(24-31(29)27-11-6-5-7-12-27)22-25-17-19-28(20-18-25)33(39)40/h5-20,29,31,37H,21-24H2,1-4H3,(H,39,40)/t29?,31?,36-/m1/s1. The minimum absolute atomic E-state index is 0.238. The summed E-state index contributed by atoms with van der Waals surface area (Å²) in [6.07, 6.45) is 0. The second-order valence-electron chi connectivity index (χ2n) is 12.5. The molecule has 0 spiro atoms. The van der Waals surface area contributed by atoms with Crippen LogP contribution in [0, 0.1) is 5.92 Å². The number of hydrogen-bond donors (Lipinski definition) is 2. The van der Waals surface area contributed by atoms with E-state index in [0.717, 1.165) is 41.5 Å². The molecule has 0 aliphatic carbocycles. The number of carboxylic acids is 1. The number of nitrogens with one attached hydrogen (secondary N) is 1. The van der Waals surface area contributed by atoms with Crippen molar-refractivity contribution < 1.29 is 19.4 Å². The van der Waals surface area contributed by atoms with Crippen molar-refractivity contribution in [3.05, 3.63) is 119 Å². The van der Waals surface area contributed by atoms with Crippen LogP contribution in [0.15, 0.2) is 97.1 Å². The van der Waals surface area contributed by atoms with Gasteiger partial charge in [-0.3, -0.25) is 10.2 Å². The van der Waals surface area contributed by atoms with Gasteiger partial charge in [-0.25, -0.2) is 9.59 Å². The highest BCUT2D eigenvalue weighted by Gasteiger charge is 2.42. The van der Waals surface area contributed by atoms with Crippen molar-refractivity contribution >= 4 is 22.7 Å². The molecular formula is C36H40N2O4. The number of ether oxygens (including phenoxy) is 1. The third-order valence-electron chi connectivity index (χ3n) is 8.20. The Balaban J connectivity index is 1.43. The lowest BCUT2D eigenvalue weighted by atomic mass is 9.85. The molecule has 4 aromatic rings. The highest BCUT2D eigenvalue weighted by atomic mass is 16.6. The molecule has 0 aromatic heterocycles. The number of fused-ring (bicyclic) bond motifs is 1. The molecular weight excluding hydrogens is 524 g/mol. The summed E-state index contributed by atoms with van der Waals surface area (Å²) in [4.78, 5) is 27.6. The van der Waals surface area contributed by atoms with E-state index in [1.165, 1.54) is 5.56 Å². The predicted octanol–water partition coefficient (Wildman–Crippen LogP) is 6.60. The van der Waals surface area contributed by atoms with Crippen LogP contribution in [0.4, 0.5) is 0 Å². The number of hydrogen-bond acceptors (Lipinski definition) is 5. The van der Waals surface area contributed by atoms with Gasteiger partial charge >= 0.3 is 11.9 Å². The molecule has 6 nitrogen and oxygen atoms in total. The molecule has 0 saturated carbocycles. The summed E-state index contributed by atoms with van der Waals surface area (Å²) < 4.78 is 6.01. The van der Waals surface area contributed by atoms with Crippen LogP contribution < -0.4 is 5.32 Å². The maximum atomic E-state index is 13.9. The summed E-state index contributed by atoms with van der Waals surface area (Å²) in [5.74, 6) is -0.706. The number of carboxylic acid groups (broad SMARTS) is 1. The quantitative estimate of drug-likeness (QED) is 0.223. The van der Waals surface area contributed by atoms with Gasteiger partial charge in [0.15, 0.2) is 0 Å². The van der Waals surface area contributed by atoms with Crippen molar-refractivity contribution in [3.63, 3.8) is 0 Å². The highest BCUT2D eigenvalue weighted by molar-refractivity contribution is 5.93. The van der Waals surface area contributed by atoms with E-state index in [1.54, 1.807) is 12.1 Å². The normalized spacial score (nSPS) is 19.0. The summed E-state index contributed by atoms with van der Waals surface area (Å²) >= 11 is 0. The van der Waals surface area contributed by atoms with E-state index in [0.29, 0.717) is 12.1 Å². The van der Waals surface area contributed by atoms with Gasteiger partial charge < -0.3 is 9.84 Å². The minimum Gasteiger partial charge on any atom is -0.478 e. The number of likely N-dealkylation sites (tertiary alicyclic amines) is 1. The zero-order valence-corrected chi connectivity index (χ0v) is 24.8. The fraction of sp³-hybridized carbons (Fsp3) is 0.333. The van der Waals surface area contributed by atoms with Gasteiger partial charge in [0.2, 0.25) is 0 Å². The van der Waals surface area contributed by atoms with E-state index in [1.807, 2.05) is 70.2 Å². The van der Waals surface area contributed by atoms with Crippen LogP contribution in [0.2, 0.25) is 0 Å². The van der Waals surface area contributed by atoms with Gasteiger partial charge in [-0.15, -0.1) is 0 Å². The van der Waals surface area contributed by atoms with Gasteiger partial charge in [-0.2, -0.15) is 0 Å². The first-order valence-corrected chi connectivity index (χ1v) is 14.6. The number of rotatable bonds is 9. The predicted molar refractivity (Wildman–Crippen MR) is 166 cm³/mol. The topological polar surface area (TPSA) is 78.9 Å². The summed E-state index contributed by atoms with van der Waals surface area (Å²) in [7, 11) is 0. The summed E-state index contributed by atoms with van der Waals surface area (Å²) in [6.45, 7) is 10.7. The highest BCUT2D eigenvalue weighted by Crippen LogP contribution is 2.36. The van der Waals surface area contributed by atoms with Crippen LogP contribution in [-0.4, -0.2) is 47.2 Å². The number of carbonyl (C=O) groups is 2. The molecule has 0 bridgehead atoms. The third kappa shape index (κ3) is 6.56. The van der Waals surface area contributed by atoms with Gasteiger partial charge in [0, 0.05) is 32.1 Å². The first-order chi connectivity index (χ1) is 20.0. The molecule has 3 atom stereocenters. The molecule has 5 rings (SSSR count). The summed E-state index contributed by atoms with van der Waals surface area (Å²) in [5.41, 5.74) is 1.86. The Morgan fingerprint density at radius 3 is 2.21 bits per heavy atom. The van der Waals surface area contributed by atoms with Crippen LogP contribution in [0.1, 0.15) is 60.7 Å². The van der Waals surface area contributed by atoms with E-state index in [2.05, 4.69) is 52.7 Å². The third-order valence-corrected chi connectivity index (χ3v) is 8.20. The zero-order chi connectivity index (χ0) is 29.9. The van der Waals surface area contributed by atoms with Gasteiger partial charge in [0.25, 0.3) is 0 Å². The molecule has 1 fully saturated rings. The molecule has 42 heavy (non-hydrogen) atoms. The van der Waals surface area contributed by atoms with Gasteiger partial charge in [-0.1, -0.05) is 84.9 Å². The van der Waals surface area contributed by atoms with Crippen molar-refractivity contribution in [2.75, 3.05) is 19.6 Å². The van der Waals surface area contributed by atoms with Crippen molar-refractivity contribution in [1.29, 1.82) is 0 Å². The maximum absolute atomic E-state index is 13.9. The van der Waals surface area contributed by atoms with E-state index >= 15 is 0 Å². The van der Waals surface area contributed by atoms with E-state index in [-0.39, 0.29) is 17.8 Å². The largest absolute Gasteiger partial charge is 0.478 e. The first kappa shape index (κ1) is 29.5. The van der Waals surface area contributed by atoms with Crippen molar-refractivity contribution in [2.45, 2.75) is 51.3 Å². The molecule has 2 N–H and O–H groups in total. The number of nitrogens with zero attached hydrogens (tertiary/aromatic N) is 1. The average Bonchev–Trinajstić information content (AvgIpc) is 3.38. The molecule has 1 heterocycles. The Morgan fingerprint density at radius 2 is 1.52 bits per heavy atom. The summed E-state index contributed by atoms with van der Waals surface area (Å²) in [5, 5.41) is 15.1.